The molecule has 0 bridgehead atoms. The van der Waals surface area contributed by atoms with Gasteiger partial charge in [0, 0.05) is 30.4 Å². The summed E-state index contributed by atoms with van der Waals surface area (Å²) in [6, 6.07) is 0.771. The maximum Gasteiger partial charge on any atom is 0.0537 e. The van der Waals surface area contributed by atoms with E-state index in [1.54, 1.807) is 0 Å². The average Bonchev–Trinajstić information content (AvgIpc) is 3.04. The van der Waals surface area contributed by atoms with Crippen LogP contribution in [0.4, 0.5) is 0 Å². The maximum absolute atomic E-state index is 4.54. The van der Waals surface area contributed by atoms with Crippen LogP contribution in [0.2, 0.25) is 0 Å². The van der Waals surface area contributed by atoms with Crippen LogP contribution in [-0.4, -0.2) is 15.8 Å². The first kappa shape index (κ1) is 13.6. The Morgan fingerprint density at radius 3 is 2.72 bits per heavy atom. The van der Waals surface area contributed by atoms with E-state index in [0.717, 1.165) is 25.0 Å². The van der Waals surface area contributed by atoms with Crippen LogP contribution in [0.3, 0.4) is 0 Å². The van der Waals surface area contributed by atoms with Crippen molar-refractivity contribution < 1.29 is 0 Å². The quantitative estimate of drug-likeness (QED) is 0.804. The normalized spacial score (nSPS) is 17.4. The highest BCUT2D eigenvalue weighted by atomic mass is 15.3. The first-order valence-corrected chi connectivity index (χ1v) is 7.31. The highest BCUT2D eigenvalue weighted by Gasteiger charge is 2.20. The molecule has 1 fully saturated rings. The largest absolute Gasteiger partial charge is 0.310 e. The van der Waals surface area contributed by atoms with Gasteiger partial charge in [-0.15, -0.1) is 0 Å². The van der Waals surface area contributed by atoms with Crippen molar-refractivity contribution >= 4 is 0 Å². The monoisotopic (exact) mass is 249 g/mol. The van der Waals surface area contributed by atoms with Crippen molar-refractivity contribution in [3.63, 3.8) is 0 Å². The zero-order chi connectivity index (χ0) is 13.1. The summed E-state index contributed by atoms with van der Waals surface area (Å²) in [4.78, 5) is 0. The van der Waals surface area contributed by atoms with E-state index in [0.29, 0.717) is 5.92 Å². The van der Waals surface area contributed by atoms with E-state index < -0.39 is 0 Å². The minimum atomic E-state index is 0.702. The predicted octanol–water partition coefficient (Wildman–Crippen LogP) is 3.13. The van der Waals surface area contributed by atoms with Crippen LogP contribution in [0.25, 0.3) is 0 Å². The Kier molecular flexibility index (Phi) is 4.44. The fourth-order valence-corrected chi connectivity index (χ4v) is 2.56. The smallest absolute Gasteiger partial charge is 0.0537 e. The number of rotatable bonds is 7. The van der Waals surface area contributed by atoms with E-state index in [4.69, 9.17) is 0 Å². The Labute approximate surface area is 111 Å². The zero-order valence-corrected chi connectivity index (χ0v) is 12.2. The Bertz CT molecular complexity index is 377. The van der Waals surface area contributed by atoms with Crippen molar-refractivity contribution in [2.45, 2.75) is 66.1 Å². The molecule has 0 spiro atoms. The molecule has 1 saturated carbocycles. The first-order chi connectivity index (χ1) is 8.56. The van der Waals surface area contributed by atoms with Gasteiger partial charge >= 0.3 is 0 Å². The van der Waals surface area contributed by atoms with Crippen molar-refractivity contribution in [3.8, 4) is 0 Å². The van der Waals surface area contributed by atoms with Gasteiger partial charge in [-0.3, -0.25) is 4.68 Å². The summed E-state index contributed by atoms with van der Waals surface area (Å²) in [7, 11) is 0. The van der Waals surface area contributed by atoms with Gasteiger partial charge in [-0.05, 0) is 38.0 Å². The second kappa shape index (κ2) is 5.87. The molecule has 1 aliphatic carbocycles. The van der Waals surface area contributed by atoms with E-state index in [1.807, 2.05) is 6.20 Å². The summed E-state index contributed by atoms with van der Waals surface area (Å²) in [6.07, 6.45) is 6.00. The van der Waals surface area contributed by atoms with Gasteiger partial charge in [-0.25, -0.2) is 0 Å². The number of nitrogens with zero attached hydrogens (tertiary/aromatic N) is 2. The van der Waals surface area contributed by atoms with Crippen molar-refractivity contribution in [2.75, 3.05) is 0 Å². The molecule has 1 unspecified atom stereocenters. The van der Waals surface area contributed by atoms with Crippen molar-refractivity contribution in [2.24, 2.45) is 11.8 Å². The molecule has 0 aliphatic heterocycles. The fourth-order valence-electron chi connectivity index (χ4n) is 2.56. The van der Waals surface area contributed by atoms with Gasteiger partial charge in [0.2, 0.25) is 0 Å². The van der Waals surface area contributed by atoms with E-state index in [2.05, 4.69) is 42.8 Å². The van der Waals surface area contributed by atoms with E-state index in [9.17, 15) is 0 Å². The van der Waals surface area contributed by atoms with Crippen LogP contribution in [0, 0.1) is 18.8 Å². The molecular formula is C15H27N3. The van der Waals surface area contributed by atoms with Gasteiger partial charge < -0.3 is 5.32 Å². The van der Waals surface area contributed by atoms with Crippen molar-refractivity contribution in [1.82, 2.24) is 15.1 Å². The number of hydrogen-bond acceptors (Lipinski definition) is 2. The average molecular weight is 249 g/mol. The molecule has 1 aromatic rings. The lowest BCUT2D eigenvalue weighted by atomic mass is 9.99. The minimum absolute atomic E-state index is 0.702. The zero-order valence-electron chi connectivity index (χ0n) is 12.2. The Balaban J connectivity index is 1.87. The third-order valence-corrected chi connectivity index (χ3v) is 3.72. The molecule has 1 aliphatic rings. The first-order valence-electron chi connectivity index (χ1n) is 7.31. The maximum atomic E-state index is 4.54. The predicted molar refractivity (Wildman–Crippen MR) is 75.4 cm³/mol. The Hall–Kier alpha value is -0.830. The van der Waals surface area contributed by atoms with Gasteiger partial charge in [0.15, 0.2) is 0 Å². The van der Waals surface area contributed by atoms with E-state index >= 15 is 0 Å². The Morgan fingerprint density at radius 2 is 2.11 bits per heavy atom. The second-order valence-electron chi connectivity index (χ2n) is 6.33. The number of hydrogen-bond donors (Lipinski definition) is 1. The number of aromatic nitrogens is 2. The summed E-state index contributed by atoms with van der Waals surface area (Å²) in [5.41, 5.74) is 2.69. The SMILES string of the molecule is Cc1c(CNC2CC2)cnn1CC(C)CC(C)C. The van der Waals surface area contributed by atoms with Gasteiger partial charge in [-0.1, -0.05) is 20.8 Å². The molecule has 0 radical (unpaired) electrons. The molecule has 3 nitrogen and oxygen atoms in total. The minimum Gasteiger partial charge on any atom is -0.310 e. The highest BCUT2D eigenvalue weighted by Crippen LogP contribution is 2.20. The molecule has 18 heavy (non-hydrogen) atoms. The van der Waals surface area contributed by atoms with Crippen molar-refractivity contribution in [1.29, 1.82) is 0 Å². The summed E-state index contributed by atoms with van der Waals surface area (Å²) in [5.74, 6) is 1.47. The molecule has 1 heterocycles. The molecule has 3 heteroatoms. The molecule has 2 rings (SSSR count). The lowest BCUT2D eigenvalue weighted by Gasteiger charge is -2.15. The van der Waals surface area contributed by atoms with Crippen LogP contribution in [0.1, 0.15) is 51.3 Å². The number of nitrogens with one attached hydrogen (secondary N) is 1. The van der Waals surface area contributed by atoms with Gasteiger partial charge in [0.05, 0.1) is 6.20 Å². The molecule has 0 saturated heterocycles. The fraction of sp³-hybridized carbons (Fsp3) is 0.800. The summed E-state index contributed by atoms with van der Waals surface area (Å²) in [5, 5.41) is 8.10. The van der Waals surface area contributed by atoms with Gasteiger partial charge in [0.1, 0.15) is 0 Å². The lowest BCUT2D eigenvalue weighted by molar-refractivity contribution is 0.369. The van der Waals surface area contributed by atoms with Gasteiger partial charge in [-0.2, -0.15) is 5.10 Å². The lowest BCUT2D eigenvalue weighted by Crippen LogP contribution is -2.16. The molecule has 1 aromatic heterocycles. The van der Waals surface area contributed by atoms with Crippen LogP contribution in [-0.2, 0) is 13.1 Å². The third kappa shape index (κ3) is 3.84. The summed E-state index contributed by atoms with van der Waals surface area (Å²) < 4.78 is 2.18. The van der Waals surface area contributed by atoms with Crippen LogP contribution in [0.5, 0.6) is 0 Å². The third-order valence-electron chi connectivity index (χ3n) is 3.72. The molecule has 1 atom stereocenters. The summed E-state index contributed by atoms with van der Waals surface area (Å²) in [6.45, 7) is 11.1. The second-order valence-corrected chi connectivity index (χ2v) is 6.33. The molecular weight excluding hydrogens is 222 g/mol. The molecule has 0 amide bonds. The van der Waals surface area contributed by atoms with E-state index in [1.165, 1.54) is 30.5 Å². The van der Waals surface area contributed by atoms with Crippen LogP contribution in [0.15, 0.2) is 6.20 Å². The van der Waals surface area contributed by atoms with Gasteiger partial charge in [0.25, 0.3) is 0 Å². The molecule has 1 N–H and O–H groups in total. The summed E-state index contributed by atoms with van der Waals surface area (Å²) >= 11 is 0. The standard InChI is InChI=1S/C15H27N3/c1-11(2)7-12(3)10-18-13(4)14(9-17-18)8-16-15-5-6-15/h9,11-12,15-16H,5-8,10H2,1-4H3. The topological polar surface area (TPSA) is 29.9 Å². The molecule has 0 aromatic carbocycles. The van der Waals surface area contributed by atoms with Crippen molar-refractivity contribution in [3.05, 3.63) is 17.5 Å². The van der Waals surface area contributed by atoms with Crippen LogP contribution < -0.4 is 5.32 Å². The molecule has 102 valence electrons. The van der Waals surface area contributed by atoms with Crippen LogP contribution >= 0.6 is 0 Å². The van der Waals surface area contributed by atoms with E-state index in [-0.39, 0.29) is 0 Å². The highest BCUT2D eigenvalue weighted by molar-refractivity contribution is 5.16. The Morgan fingerprint density at radius 1 is 1.39 bits per heavy atom.